The SMILES string of the molecule is CCCCCCCCCCCCCCCC(=O)OC.O=CO. The van der Waals surface area contributed by atoms with Crippen LogP contribution >= 0.6 is 0 Å². The van der Waals surface area contributed by atoms with E-state index in [9.17, 15) is 4.79 Å². The summed E-state index contributed by atoms with van der Waals surface area (Å²) in [7, 11) is 1.46. The summed E-state index contributed by atoms with van der Waals surface area (Å²) in [6.07, 6.45) is 18.0. The van der Waals surface area contributed by atoms with Crippen molar-refractivity contribution in [1.29, 1.82) is 0 Å². The van der Waals surface area contributed by atoms with Gasteiger partial charge in [-0.2, -0.15) is 0 Å². The Morgan fingerprint density at radius 1 is 0.818 bits per heavy atom. The number of ether oxygens (including phenoxy) is 1. The predicted octanol–water partition coefficient (Wildman–Crippen LogP) is 5.34. The van der Waals surface area contributed by atoms with Gasteiger partial charge in [0.1, 0.15) is 0 Å². The Labute approximate surface area is 136 Å². The van der Waals surface area contributed by atoms with Crippen molar-refractivity contribution in [2.75, 3.05) is 7.11 Å². The predicted molar refractivity (Wildman–Crippen MR) is 91.0 cm³/mol. The maximum Gasteiger partial charge on any atom is 0.305 e. The monoisotopic (exact) mass is 316 g/mol. The van der Waals surface area contributed by atoms with Gasteiger partial charge in [-0.3, -0.25) is 9.59 Å². The van der Waals surface area contributed by atoms with Crippen LogP contribution in [-0.2, 0) is 14.3 Å². The highest BCUT2D eigenvalue weighted by Gasteiger charge is 1.99. The van der Waals surface area contributed by atoms with Crippen molar-refractivity contribution in [2.24, 2.45) is 0 Å². The zero-order valence-corrected chi connectivity index (χ0v) is 14.6. The molecule has 0 fully saturated rings. The van der Waals surface area contributed by atoms with E-state index < -0.39 is 0 Å². The standard InChI is InChI=1S/C17H34O2.CH2O2/c1-3-4-5-6-7-8-9-10-11-12-13-14-15-16-17(18)19-2;2-1-3/h3-16H2,1-2H3;1H,(H,2,3). The third-order valence-electron chi connectivity index (χ3n) is 3.71. The van der Waals surface area contributed by atoms with Gasteiger partial charge in [-0.1, -0.05) is 84.0 Å². The van der Waals surface area contributed by atoms with E-state index in [0.717, 1.165) is 6.42 Å². The minimum absolute atomic E-state index is 0.0666. The number of methoxy groups -OCH3 is 1. The zero-order valence-electron chi connectivity index (χ0n) is 14.6. The Morgan fingerprint density at radius 3 is 1.45 bits per heavy atom. The fraction of sp³-hybridized carbons (Fsp3) is 0.889. The van der Waals surface area contributed by atoms with Gasteiger partial charge in [0, 0.05) is 6.42 Å². The number of carbonyl (C=O) groups is 2. The molecule has 0 aliphatic heterocycles. The molecule has 0 rings (SSSR count). The zero-order chi connectivity index (χ0) is 16.9. The second-order valence-corrected chi connectivity index (χ2v) is 5.67. The number of rotatable bonds is 14. The fourth-order valence-corrected chi connectivity index (χ4v) is 2.39. The largest absolute Gasteiger partial charge is 0.483 e. The van der Waals surface area contributed by atoms with Gasteiger partial charge in [0.15, 0.2) is 0 Å². The van der Waals surface area contributed by atoms with Crippen molar-refractivity contribution >= 4 is 12.4 Å². The van der Waals surface area contributed by atoms with Gasteiger partial charge in [0.05, 0.1) is 7.11 Å². The molecule has 0 aromatic heterocycles. The molecule has 0 saturated carbocycles. The second-order valence-electron chi connectivity index (χ2n) is 5.67. The molecule has 0 unspecified atom stereocenters. The van der Waals surface area contributed by atoms with Crippen molar-refractivity contribution in [3.8, 4) is 0 Å². The molecule has 0 aromatic carbocycles. The molecule has 132 valence electrons. The Kier molecular flexibility index (Phi) is 23.4. The molecule has 0 amide bonds. The smallest absolute Gasteiger partial charge is 0.305 e. The lowest BCUT2D eigenvalue weighted by molar-refractivity contribution is -0.140. The maximum absolute atomic E-state index is 10.9. The summed E-state index contributed by atoms with van der Waals surface area (Å²) in [6.45, 7) is 2.02. The van der Waals surface area contributed by atoms with Crippen LogP contribution in [0.5, 0.6) is 0 Å². The second kappa shape index (κ2) is 22.2. The Hall–Kier alpha value is -1.06. The third kappa shape index (κ3) is 24.0. The van der Waals surface area contributed by atoms with E-state index in [1.807, 2.05) is 0 Å². The Balaban J connectivity index is 0. The van der Waals surface area contributed by atoms with Crippen LogP contribution in [0.3, 0.4) is 0 Å². The molecule has 0 bridgehead atoms. The van der Waals surface area contributed by atoms with Gasteiger partial charge in [-0.25, -0.2) is 0 Å². The molecular formula is C18H36O4. The number of esters is 1. The van der Waals surface area contributed by atoms with Crippen LogP contribution in [0.2, 0.25) is 0 Å². The van der Waals surface area contributed by atoms with Gasteiger partial charge in [0.25, 0.3) is 6.47 Å². The van der Waals surface area contributed by atoms with Gasteiger partial charge in [-0.05, 0) is 6.42 Å². The van der Waals surface area contributed by atoms with Crippen LogP contribution in [0, 0.1) is 0 Å². The molecule has 1 N–H and O–H groups in total. The molecule has 0 saturated heterocycles. The van der Waals surface area contributed by atoms with E-state index in [2.05, 4.69) is 11.7 Å². The summed E-state index contributed by atoms with van der Waals surface area (Å²) >= 11 is 0. The van der Waals surface area contributed by atoms with Crippen molar-refractivity contribution < 1.29 is 19.4 Å². The van der Waals surface area contributed by atoms with Crippen LogP contribution in [0.1, 0.15) is 96.8 Å². The number of carboxylic acid groups (broad SMARTS) is 1. The van der Waals surface area contributed by atoms with Gasteiger partial charge in [-0.15, -0.1) is 0 Å². The molecule has 0 spiro atoms. The van der Waals surface area contributed by atoms with E-state index >= 15 is 0 Å². The van der Waals surface area contributed by atoms with E-state index in [1.165, 1.54) is 84.2 Å². The molecule has 0 aliphatic carbocycles. The van der Waals surface area contributed by atoms with Crippen molar-refractivity contribution in [1.82, 2.24) is 0 Å². The van der Waals surface area contributed by atoms with Crippen molar-refractivity contribution in [3.05, 3.63) is 0 Å². The molecule has 22 heavy (non-hydrogen) atoms. The van der Waals surface area contributed by atoms with Gasteiger partial charge in [0.2, 0.25) is 0 Å². The third-order valence-corrected chi connectivity index (χ3v) is 3.71. The molecule has 4 heteroatoms. The molecule has 4 nitrogen and oxygen atoms in total. The Morgan fingerprint density at radius 2 is 1.14 bits per heavy atom. The summed E-state index contributed by atoms with van der Waals surface area (Å²) < 4.78 is 4.62. The fourth-order valence-electron chi connectivity index (χ4n) is 2.39. The van der Waals surface area contributed by atoms with E-state index in [0.29, 0.717) is 6.42 Å². The minimum Gasteiger partial charge on any atom is -0.483 e. The van der Waals surface area contributed by atoms with Crippen LogP contribution in [0.4, 0.5) is 0 Å². The average molecular weight is 316 g/mol. The van der Waals surface area contributed by atoms with Crippen LogP contribution in [-0.4, -0.2) is 24.7 Å². The minimum atomic E-state index is -0.250. The topological polar surface area (TPSA) is 63.6 Å². The van der Waals surface area contributed by atoms with Crippen molar-refractivity contribution in [3.63, 3.8) is 0 Å². The number of unbranched alkanes of at least 4 members (excludes halogenated alkanes) is 12. The highest BCUT2D eigenvalue weighted by Crippen LogP contribution is 2.12. The van der Waals surface area contributed by atoms with Crippen LogP contribution in [0.25, 0.3) is 0 Å². The summed E-state index contributed by atoms with van der Waals surface area (Å²) in [5.41, 5.74) is 0. The molecular weight excluding hydrogens is 280 g/mol. The maximum atomic E-state index is 10.9. The van der Waals surface area contributed by atoms with Gasteiger partial charge < -0.3 is 9.84 Å². The van der Waals surface area contributed by atoms with Crippen LogP contribution in [0.15, 0.2) is 0 Å². The summed E-state index contributed by atoms with van der Waals surface area (Å²) in [4.78, 5) is 19.3. The first kappa shape index (κ1) is 23.2. The quantitative estimate of drug-likeness (QED) is 0.267. The lowest BCUT2D eigenvalue weighted by Gasteiger charge is -2.03. The normalized spacial score (nSPS) is 9.73. The summed E-state index contributed by atoms with van der Waals surface area (Å²) in [5, 5.41) is 6.89. The lowest BCUT2D eigenvalue weighted by atomic mass is 10.0. The number of hydrogen-bond donors (Lipinski definition) is 1. The summed E-state index contributed by atoms with van der Waals surface area (Å²) in [5.74, 6) is -0.0666. The van der Waals surface area contributed by atoms with Gasteiger partial charge >= 0.3 is 5.97 Å². The molecule has 0 atom stereocenters. The van der Waals surface area contributed by atoms with E-state index in [4.69, 9.17) is 9.90 Å². The van der Waals surface area contributed by atoms with Crippen LogP contribution < -0.4 is 0 Å². The first-order valence-corrected chi connectivity index (χ1v) is 8.87. The first-order valence-electron chi connectivity index (χ1n) is 8.87. The Bertz CT molecular complexity index is 229. The number of carbonyl (C=O) groups excluding carboxylic acids is 1. The average Bonchev–Trinajstić information content (AvgIpc) is 2.52. The summed E-state index contributed by atoms with van der Waals surface area (Å²) in [6, 6.07) is 0. The highest BCUT2D eigenvalue weighted by atomic mass is 16.5. The first-order chi connectivity index (χ1) is 10.7. The lowest BCUT2D eigenvalue weighted by Crippen LogP contribution is -1.99. The molecule has 0 aromatic rings. The molecule has 0 heterocycles. The number of hydrogen-bond acceptors (Lipinski definition) is 3. The van der Waals surface area contributed by atoms with E-state index in [1.54, 1.807) is 0 Å². The van der Waals surface area contributed by atoms with E-state index in [-0.39, 0.29) is 12.4 Å². The molecule has 0 radical (unpaired) electrons. The highest BCUT2D eigenvalue weighted by molar-refractivity contribution is 5.68. The van der Waals surface area contributed by atoms with Crippen molar-refractivity contribution in [2.45, 2.75) is 96.8 Å². The molecule has 0 aliphatic rings.